The first-order chi connectivity index (χ1) is 12.7. The third-order valence-electron chi connectivity index (χ3n) is 2.01. The Bertz CT molecular complexity index is 332. The van der Waals surface area contributed by atoms with Crippen LogP contribution in [-0.2, 0) is 0 Å². The number of aromatic hydroxyl groups is 2. The molecule has 0 saturated carbocycles. The predicted molar refractivity (Wildman–Crippen MR) is 122 cm³/mol. The Morgan fingerprint density at radius 2 is 0.654 bits per heavy atom. The largest absolute Gasteiger partial charge is 0.508 e. The summed E-state index contributed by atoms with van der Waals surface area (Å²) < 4.78 is 0. The third-order valence-corrected chi connectivity index (χ3v) is 2.01. The second-order valence-corrected chi connectivity index (χ2v) is 3.67. The molecule has 0 radical (unpaired) electrons. The van der Waals surface area contributed by atoms with Crippen LogP contribution in [0.15, 0.2) is 60.7 Å². The van der Waals surface area contributed by atoms with Crippen molar-refractivity contribution in [2.24, 2.45) is 0 Å². The van der Waals surface area contributed by atoms with Gasteiger partial charge in [-0.1, -0.05) is 118 Å². The van der Waals surface area contributed by atoms with E-state index in [0.29, 0.717) is 11.5 Å². The quantitative estimate of drug-likeness (QED) is 0.529. The minimum atomic E-state index is 0.322. The van der Waals surface area contributed by atoms with Crippen LogP contribution in [-0.4, -0.2) is 10.2 Å². The van der Waals surface area contributed by atoms with Crippen LogP contribution in [0.5, 0.6) is 11.5 Å². The smallest absolute Gasteiger partial charge is 0.115 e. The van der Waals surface area contributed by atoms with E-state index in [1.165, 1.54) is 12.8 Å². The number of hydrogen-bond donors (Lipinski definition) is 2. The molecule has 0 aromatic heterocycles. The van der Waals surface area contributed by atoms with Gasteiger partial charge in [0.2, 0.25) is 0 Å². The molecule has 0 heterocycles. The van der Waals surface area contributed by atoms with Crippen molar-refractivity contribution in [2.45, 2.75) is 82.1 Å². The van der Waals surface area contributed by atoms with Gasteiger partial charge in [-0.2, -0.15) is 0 Å². The molecule has 26 heavy (non-hydrogen) atoms. The Hall–Kier alpha value is -1.96. The summed E-state index contributed by atoms with van der Waals surface area (Å²) in [5, 5.41) is 17.3. The highest BCUT2D eigenvalue weighted by atomic mass is 16.3. The molecule has 2 rings (SSSR count). The highest BCUT2D eigenvalue weighted by Gasteiger charge is 1.75. The summed E-state index contributed by atoms with van der Waals surface area (Å²) in [4.78, 5) is 0. The fourth-order valence-corrected chi connectivity index (χ4v) is 0.856. The maximum absolute atomic E-state index is 8.63. The van der Waals surface area contributed by atoms with E-state index in [4.69, 9.17) is 10.2 Å². The number of benzene rings is 2. The first-order valence-electron chi connectivity index (χ1n) is 10.2. The SMILES string of the molecule is CC.CC.CC.CC.CCCC.Oc1ccccc1.Oc1ccccc1. The van der Waals surface area contributed by atoms with E-state index in [9.17, 15) is 0 Å². The lowest BCUT2D eigenvalue weighted by molar-refractivity contribution is 0.475. The molecule has 0 aliphatic carbocycles. The molecule has 2 aromatic carbocycles. The van der Waals surface area contributed by atoms with Crippen LogP contribution in [0.25, 0.3) is 0 Å². The van der Waals surface area contributed by atoms with Crippen LogP contribution in [0.4, 0.5) is 0 Å². The van der Waals surface area contributed by atoms with Crippen molar-refractivity contribution in [1.29, 1.82) is 0 Å². The zero-order chi connectivity index (χ0) is 21.6. The number of hydrogen-bond acceptors (Lipinski definition) is 2. The number of rotatable bonds is 1. The molecule has 0 aliphatic rings. The third kappa shape index (κ3) is 43.1. The molecule has 0 unspecified atom stereocenters. The van der Waals surface area contributed by atoms with Crippen molar-refractivity contribution in [3.05, 3.63) is 60.7 Å². The Kier molecular flexibility index (Phi) is 58.9. The summed E-state index contributed by atoms with van der Waals surface area (Å²) in [5.74, 6) is 0.644. The second-order valence-electron chi connectivity index (χ2n) is 3.67. The highest BCUT2D eigenvalue weighted by molar-refractivity contribution is 5.19. The van der Waals surface area contributed by atoms with Crippen LogP contribution in [0.3, 0.4) is 0 Å². The van der Waals surface area contributed by atoms with Crippen molar-refractivity contribution in [2.75, 3.05) is 0 Å². The van der Waals surface area contributed by atoms with Crippen molar-refractivity contribution in [3.63, 3.8) is 0 Å². The topological polar surface area (TPSA) is 40.5 Å². The van der Waals surface area contributed by atoms with Crippen molar-refractivity contribution >= 4 is 0 Å². The van der Waals surface area contributed by atoms with Crippen LogP contribution in [0, 0.1) is 0 Å². The van der Waals surface area contributed by atoms with Gasteiger partial charge in [0.05, 0.1) is 0 Å². The van der Waals surface area contributed by atoms with Gasteiger partial charge in [0.1, 0.15) is 11.5 Å². The van der Waals surface area contributed by atoms with E-state index in [1.807, 2.05) is 67.5 Å². The van der Waals surface area contributed by atoms with Crippen LogP contribution < -0.4 is 0 Å². The van der Waals surface area contributed by atoms with Crippen molar-refractivity contribution in [3.8, 4) is 11.5 Å². The molecule has 0 spiro atoms. The molecule has 0 fully saturated rings. The lowest BCUT2D eigenvalue weighted by Gasteiger charge is -1.82. The highest BCUT2D eigenvalue weighted by Crippen LogP contribution is 2.03. The number of phenolic OH excluding ortho intramolecular Hbond substituents is 2. The van der Waals surface area contributed by atoms with Gasteiger partial charge in [0, 0.05) is 0 Å². The molecular weight excluding hydrogens is 320 g/mol. The summed E-state index contributed by atoms with van der Waals surface area (Å²) in [5.41, 5.74) is 0. The molecule has 0 amide bonds. The summed E-state index contributed by atoms with van der Waals surface area (Å²) in [6.07, 6.45) is 2.64. The molecule has 2 nitrogen and oxygen atoms in total. The first kappa shape index (κ1) is 35.2. The summed E-state index contributed by atoms with van der Waals surface area (Å²) in [6.45, 7) is 20.4. The summed E-state index contributed by atoms with van der Waals surface area (Å²) in [7, 11) is 0. The van der Waals surface area contributed by atoms with Crippen LogP contribution in [0.1, 0.15) is 82.1 Å². The summed E-state index contributed by atoms with van der Waals surface area (Å²) >= 11 is 0. The summed E-state index contributed by atoms with van der Waals surface area (Å²) in [6, 6.07) is 17.4. The van der Waals surface area contributed by atoms with Gasteiger partial charge >= 0.3 is 0 Å². The Morgan fingerprint density at radius 3 is 0.731 bits per heavy atom. The Labute approximate surface area is 164 Å². The lowest BCUT2D eigenvalue weighted by atomic mass is 10.3. The molecule has 154 valence electrons. The minimum absolute atomic E-state index is 0.322. The van der Waals surface area contributed by atoms with Crippen LogP contribution >= 0.6 is 0 Å². The standard InChI is InChI=1S/2C6H6O.C4H10.4C2H6/c2*7-6-4-2-1-3-5-6;1-3-4-2;4*1-2/h2*1-5,7H;3-4H2,1-2H3;4*1-2H3. The average molecular weight is 367 g/mol. The fourth-order valence-electron chi connectivity index (χ4n) is 0.856. The van der Waals surface area contributed by atoms with Gasteiger partial charge in [0.25, 0.3) is 0 Å². The first-order valence-corrected chi connectivity index (χ1v) is 10.2. The molecule has 2 heteroatoms. The van der Waals surface area contributed by atoms with Gasteiger partial charge in [-0.15, -0.1) is 0 Å². The van der Waals surface area contributed by atoms with E-state index in [0.717, 1.165) is 0 Å². The number of phenols is 2. The van der Waals surface area contributed by atoms with Crippen molar-refractivity contribution < 1.29 is 10.2 Å². The predicted octanol–water partition coefficient (Wildman–Crippen LogP) is 8.70. The van der Waals surface area contributed by atoms with Crippen LogP contribution in [0.2, 0.25) is 0 Å². The van der Waals surface area contributed by atoms with E-state index in [2.05, 4.69) is 13.8 Å². The monoisotopic (exact) mass is 366 g/mol. The zero-order valence-corrected chi connectivity index (χ0v) is 19.1. The number of para-hydroxylation sites is 2. The average Bonchev–Trinajstić information content (AvgIpc) is 2.76. The van der Waals surface area contributed by atoms with E-state index in [1.54, 1.807) is 48.5 Å². The Balaban J connectivity index is -0.0000000728. The van der Waals surface area contributed by atoms with E-state index < -0.39 is 0 Å². The fraction of sp³-hybridized carbons (Fsp3) is 0.500. The molecule has 0 atom stereocenters. The lowest BCUT2D eigenvalue weighted by Crippen LogP contribution is -1.56. The maximum Gasteiger partial charge on any atom is 0.115 e. The zero-order valence-electron chi connectivity index (χ0n) is 19.1. The van der Waals surface area contributed by atoms with E-state index >= 15 is 0 Å². The minimum Gasteiger partial charge on any atom is -0.508 e. The van der Waals surface area contributed by atoms with Gasteiger partial charge in [0.15, 0.2) is 0 Å². The molecule has 2 N–H and O–H groups in total. The number of unbranched alkanes of at least 4 members (excludes halogenated alkanes) is 1. The van der Waals surface area contributed by atoms with E-state index in [-0.39, 0.29) is 0 Å². The van der Waals surface area contributed by atoms with Gasteiger partial charge in [-0.05, 0) is 24.3 Å². The normalized spacial score (nSPS) is 6.69. The van der Waals surface area contributed by atoms with Gasteiger partial charge in [-0.25, -0.2) is 0 Å². The second kappa shape index (κ2) is 43.5. The van der Waals surface area contributed by atoms with Crippen molar-refractivity contribution in [1.82, 2.24) is 0 Å². The van der Waals surface area contributed by atoms with Gasteiger partial charge < -0.3 is 10.2 Å². The Morgan fingerprint density at radius 1 is 0.462 bits per heavy atom. The van der Waals surface area contributed by atoms with Gasteiger partial charge in [-0.3, -0.25) is 0 Å². The molecule has 2 aromatic rings. The molecule has 0 aliphatic heterocycles. The molecule has 0 bridgehead atoms. The maximum atomic E-state index is 8.63. The molecule has 0 saturated heterocycles. The molecular formula is C24H46O2.